The van der Waals surface area contributed by atoms with E-state index in [0.29, 0.717) is 41.8 Å². The summed E-state index contributed by atoms with van der Waals surface area (Å²) in [6.45, 7) is 12.1. The fourth-order valence-electron chi connectivity index (χ4n) is 5.46. The standard InChI is InChI=1S/C25H28N6O3.C9H18N2O/c1-3-16-12-21-20(11-15(16)2)30-24(31-21)23-19(7-10-28-25(23)33)29-13-17(32)14-34-22-5-4-9-27-18(22)6-8-26;1-3-11-6-4-9(5-7-11)10(2)8-12/h3-5,7,9-12,17,32H,1,6,8,13-14,26H2,2H3,(H,30,31)(H2,28,29,33);8-9H,3-7H2,1-2H3. The van der Waals surface area contributed by atoms with Crippen molar-refractivity contribution in [1.82, 2.24) is 29.7 Å². The molecule has 1 saturated heterocycles. The van der Waals surface area contributed by atoms with Gasteiger partial charge in [-0.05, 0) is 74.3 Å². The van der Waals surface area contributed by atoms with Gasteiger partial charge in [0.25, 0.3) is 5.56 Å². The minimum absolute atomic E-state index is 0.0586. The number of rotatable bonds is 13. The van der Waals surface area contributed by atoms with Gasteiger partial charge in [0, 0.05) is 51.5 Å². The number of amides is 1. The molecule has 246 valence electrons. The van der Waals surface area contributed by atoms with Crippen molar-refractivity contribution in [3.05, 3.63) is 76.5 Å². The van der Waals surface area contributed by atoms with Gasteiger partial charge >= 0.3 is 0 Å². The molecule has 0 bridgehead atoms. The number of nitrogens with zero attached hydrogens (tertiary/aromatic N) is 4. The molecule has 4 aromatic rings. The summed E-state index contributed by atoms with van der Waals surface area (Å²) < 4.78 is 5.75. The number of pyridine rings is 2. The molecule has 0 radical (unpaired) electrons. The number of imidazole rings is 1. The zero-order chi connectivity index (χ0) is 33.1. The number of likely N-dealkylation sites (tertiary alicyclic amines) is 1. The minimum Gasteiger partial charge on any atom is -0.489 e. The first-order valence-electron chi connectivity index (χ1n) is 15.7. The van der Waals surface area contributed by atoms with Gasteiger partial charge in [0.1, 0.15) is 29.8 Å². The first-order chi connectivity index (χ1) is 22.3. The number of carbonyl (C=O) groups excluding carboxylic acids is 1. The summed E-state index contributed by atoms with van der Waals surface area (Å²) in [5, 5.41) is 13.6. The summed E-state index contributed by atoms with van der Waals surface area (Å²) in [6.07, 6.45) is 7.96. The second-order valence-corrected chi connectivity index (χ2v) is 11.4. The average molecular weight is 631 g/mol. The van der Waals surface area contributed by atoms with Crippen LogP contribution in [0.5, 0.6) is 5.75 Å². The van der Waals surface area contributed by atoms with Crippen LogP contribution in [-0.2, 0) is 11.2 Å². The first-order valence-corrected chi connectivity index (χ1v) is 15.7. The smallest absolute Gasteiger partial charge is 0.261 e. The maximum atomic E-state index is 12.7. The number of aliphatic hydroxyl groups is 1. The van der Waals surface area contributed by atoms with Crippen molar-refractivity contribution in [2.24, 2.45) is 5.73 Å². The molecule has 12 heteroatoms. The number of hydrogen-bond donors (Lipinski definition) is 5. The molecule has 0 aliphatic carbocycles. The van der Waals surface area contributed by atoms with Gasteiger partial charge in [-0.25, -0.2) is 4.98 Å². The fourth-order valence-corrected chi connectivity index (χ4v) is 5.46. The number of benzene rings is 1. The Labute approximate surface area is 269 Å². The van der Waals surface area contributed by atoms with Crippen LogP contribution in [0.2, 0.25) is 0 Å². The molecule has 6 N–H and O–H groups in total. The summed E-state index contributed by atoms with van der Waals surface area (Å²) in [7, 11) is 1.87. The number of anilines is 1. The van der Waals surface area contributed by atoms with E-state index in [2.05, 4.69) is 43.7 Å². The molecular formula is C34H46N8O4. The molecule has 1 unspecified atom stereocenters. The normalized spacial score (nSPS) is 14.3. The van der Waals surface area contributed by atoms with Crippen molar-refractivity contribution >= 4 is 29.2 Å². The molecule has 1 aliphatic rings. The summed E-state index contributed by atoms with van der Waals surface area (Å²) >= 11 is 0. The highest BCUT2D eigenvalue weighted by Crippen LogP contribution is 2.26. The van der Waals surface area contributed by atoms with E-state index in [-0.39, 0.29) is 18.7 Å². The number of hydrogen-bond acceptors (Lipinski definition) is 9. The SMILES string of the molecule is C=Cc1cc2nc(-c3c(NCC(O)COc4cccnc4CCN)cc[nH]c3=O)[nH]c2cc1C.CCN1CCC(N(C)C=O)CC1. The summed E-state index contributed by atoms with van der Waals surface area (Å²) in [5.41, 5.74) is 10.6. The molecule has 1 aliphatic heterocycles. The maximum Gasteiger partial charge on any atom is 0.261 e. The van der Waals surface area contributed by atoms with Gasteiger partial charge in [0.15, 0.2) is 0 Å². The van der Waals surface area contributed by atoms with E-state index in [0.717, 1.165) is 66.7 Å². The molecule has 1 atom stereocenters. The lowest BCUT2D eigenvalue weighted by atomic mass is 10.0. The molecular weight excluding hydrogens is 584 g/mol. The molecule has 46 heavy (non-hydrogen) atoms. The Hall–Kier alpha value is -4.52. The number of nitrogens with two attached hydrogens (primary N) is 1. The Morgan fingerprint density at radius 2 is 2.09 bits per heavy atom. The van der Waals surface area contributed by atoms with Gasteiger partial charge in [0.05, 0.1) is 22.4 Å². The fraction of sp³-hybridized carbons (Fsp3) is 0.412. The number of aromatic nitrogens is 4. The van der Waals surface area contributed by atoms with Gasteiger partial charge in [-0.1, -0.05) is 19.6 Å². The van der Waals surface area contributed by atoms with Crippen molar-refractivity contribution in [3.8, 4) is 17.1 Å². The van der Waals surface area contributed by atoms with Crippen molar-refractivity contribution in [2.45, 2.75) is 45.3 Å². The van der Waals surface area contributed by atoms with Gasteiger partial charge in [0.2, 0.25) is 6.41 Å². The van der Waals surface area contributed by atoms with E-state index in [4.69, 9.17) is 10.5 Å². The summed E-state index contributed by atoms with van der Waals surface area (Å²) in [6, 6.07) is 9.69. The van der Waals surface area contributed by atoms with Gasteiger partial charge in [-0.15, -0.1) is 0 Å². The quantitative estimate of drug-likeness (QED) is 0.140. The Morgan fingerprint density at radius 1 is 1.30 bits per heavy atom. The Morgan fingerprint density at radius 3 is 2.78 bits per heavy atom. The van der Waals surface area contributed by atoms with Gasteiger partial charge < -0.3 is 40.7 Å². The van der Waals surface area contributed by atoms with Crippen LogP contribution in [0.3, 0.4) is 0 Å². The molecule has 0 spiro atoms. The number of aromatic amines is 2. The number of H-pyrrole nitrogens is 2. The molecule has 5 rings (SSSR count). The third-order valence-electron chi connectivity index (χ3n) is 8.22. The largest absolute Gasteiger partial charge is 0.489 e. The van der Waals surface area contributed by atoms with Crippen LogP contribution in [0, 0.1) is 6.92 Å². The Kier molecular flexibility index (Phi) is 12.5. The predicted octanol–water partition coefficient (Wildman–Crippen LogP) is 3.18. The molecule has 4 heterocycles. The number of fused-ring (bicyclic) bond motifs is 1. The number of aliphatic hydroxyl groups excluding tert-OH is 1. The highest BCUT2D eigenvalue weighted by atomic mass is 16.5. The predicted molar refractivity (Wildman–Crippen MR) is 183 cm³/mol. The first kappa shape index (κ1) is 34.4. The number of aryl methyl sites for hydroxylation is 1. The highest BCUT2D eigenvalue weighted by Gasteiger charge is 2.20. The lowest BCUT2D eigenvalue weighted by Gasteiger charge is -2.34. The number of ether oxygens (including phenoxy) is 1. The summed E-state index contributed by atoms with van der Waals surface area (Å²) in [4.78, 5) is 42.2. The third kappa shape index (κ3) is 8.81. The second-order valence-electron chi connectivity index (χ2n) is 11.4. The third-order valence-corrected chi connectivity index (χ3v) is 8.22. The summed E-state index contributed by atoms with van der Waals surface area (Å²) in [5.74, 6) is 1.03. The monoisotopic (exact) mass is 630 g/mol. The number of nitrogens with one attached hydrogen (secondary N) is 3. The van der Waals surface area contributed by atoms with Crippen LogP contribution in [0.1, 0.15) is 36.6 Å². The lowest BCUT2D eigenvalue weighted by molar-refractivity contribution is -0.119. The van der Waals surface area contributed by atoms with Crippen molar-refractivity contribution in [3.63, 3.8) is 0 Å². The molecule has 1 fully saturated rings. The highest BCUT2D eigenvalue weighted by molar-refractivity contribution is 5.85. The van der Waals surface area contributed by atoms with E-state index in [1.807, 2.05) is 26.1 Å². The average Bonchev–Trinajstić information content (AvgIpc) is 3.48. The zero-order valence-electron chi connectivity index (χ0n) is 27.0. The van der Waals surface area contributed by atoms with Crippen molar-refractivity contribution in [1.29, 1.82) is 0 Å². The minimum atomic E-state index is -0.827. The molecule has 12 nitrogen and oxygen atoms in total. The molecule has 1 aromatic carbocycles. The van der Waals surface area contributed by atoms with E-state index in [9.17, 15) is 14.7 Å². The Bertz CT molecular complexity index is 1640. The number of piperidine rings is 1. The topological polar surface area (TPSA) is 165 Å². The van der Waals surface area contributed by atoms with Crippen LogP contribution >= 0.6 is 0 Å². The van der Waals surface area contributed by atoms with Crippen LogP contribution in [0.15, 0.2) is 54.1 Å². The number of carbonyl (C=O) groups is 1. The second kappa shape index (κ2) is 16.7. The van der Waals surface area contributed by atoms with E-state index in [1.165, 1.54) is 0 Å². The van der Waals surface area contributed by atoms with Crippen LogP contribution in [0.4, 0.5) is 5.69 Å². The van der Waals surface area contributed by atoms with Crippen molar-refractivity contribution in [2.75, 3.05) is 51.7 Å². The van der Waals surface area contributed by atoms with Gasteiger partial charge in [-0.2, -0.15) is 0 Å². The lowest BCUT2D eigenvalue weighted by Crippen LogP contribution is -2.42. The Balaban J connectivity index is 0.000000337. The molecule has 1 amide bonds. The van der Waals surface area contributed by atoms with Gasteiger partial charge in [-0.3, -0.25) is 14.6 Å². The van der Waals surface area contributed by atoms with E-state index in [1.54, 1.807) is 41.6 Å². The van der Waals surface area contributed by atoms with Crippen LogP contribution in [-0.4, -0.2) is 99.8 Å². The molecule has 3 aromatic heterocycles. The van der Waals surface area contributed by atoms with E-state index >= 15 is 0 Å². The van der Waals surface area contributed by atoms with E-state index < -0.39 is 6.10 Å². The molecule has 0 saturated carbocycles. The maximum absolute atomic E-state index is 12.7. The van der Waals surface area contributed by atoms with Crippen LogP contribution in [0.25, 0.3) is 28.5 Å². The zero-order valence-corrected chi connectivity index (χ0v) is 27.0. The van der Waals surface area contributed by atoms with Crippen molar-refractivity contribution < 1.29 is 14.6 Å². The van der Waals surface area contributed by atoms with Crippen LogP contribution < -0.4 is 21.3 Å².